The number of nitrogens with one attached hydrogen (secondary N) is 1. The molecule has 3 heterocycles. The minimum Gasteiger partial charge on any atom is -0.378 e. The van der Waals surface area contributed by atoms with Crippen LogP contribution in [-0.4, -0.2) is 52.5 Å². The van der Waals surface area contributed by atoms with Gasteiger partial charge in [-0.3, -0.25) is 9.59 Å². The van der Waals surface area contributed by atoms with Gasteiger partial charge in [-0.1, -0.05) is 30.3 Å². The van der Waals surface area contributed by atoms with Gasteiger partial charge in [0, 0.05) is 32.4 Å². The van der Waals surface area contributed by atoms with Gasteiger partial charge in [0.2, 0.25) is 5.91 Å². The summed E-state index contributed by atoms with van der Waals surface area (Å²) >= 11 is 0. The molecule has 2 aliphatic heterocycles. The number of aromatic nitrogens is 2. The largest absolute Gasteiger partial charge is 0.378 e. The molecule has 2 fully saturated rings. The third-order valence-electron chi connectivity index (χ3n) is 6.40. The molecule has 0 unspecified atom stereocenters. The summed E-state index contributed by atoms with van der Waals surface area (Å²) in [6, 6.07) is 9.85. The molecule has 0 spiro atoms. The van der Waals surface area contributed by atoms with Crippen LogP contribution in [0.25, 0.3) is 0 Å². The topological polar surface area (TPSA) is 84.4 Å². The van der Waals surface area contributed by atoms with Gasteiger partial charge in [0.15, 0.2) is 0 Å². The molecule has 2 amide bonds. The number of piperidine rings is 1. The summed E-state index contributed by atoms with van der Waals surface area (Å²) in [7, 11) is 0. The van der Waals surface area contributed by atoms with E-state index in [1.54, 1.807) is 6.20 Å². The average molecular weight is 437 g/mol. The molecule has 2 aliphatic rings. The number of benzene rings is 1. The molecule has 7 heteroatoms. The molecule has 0 aliphatic carbocycles. The van der Waals surface area contributed by atoms with Crippen molar-refractivity contribution < 1.29 is 14.3 Å². The van der Waals surface area contributed by atoms with Gasteiger partial charge in [0.25, 0.3) is 5.91 Å². The van der Waals surface area contributed by atoms with Crippen LogP contribution in [-0.2, 0) is 22.5 Å². The van der Waals surface area contributed by atoms with Crippen LogP contribution in [0.5, 0.6) is 0 Å². The van der Waals surface area contributed by atoms with Crippen LogP contribution in [0, 0.1) is 12.8 Å². The second-order valence-corrected chi connectivity index (χ2v) is 8.81. The molecule has 1 aromatic carbocycles. The molecule has 0 saturated carbocycles. The average Bonchev–Trinajstić information content (AvgIpc) is 3.32. The van der Waals surface area contributed by atoms with E-state index in [4.69, 9.17) is 4.74 Å². The summed E-state index contributed by atoms with van der Waals surface area (Å²) < 4.78 is 5.61. The summed E-state index contributed by atoms with van der Waals surface area (Å²) in [5, 5.41) is 2.98. The predicted octanol–water partition coefficient (Wildman–Crippen LogP) is 3.07. The maximum atomic E-state index is 12.8. The summed E-state index contributed by atoms with van der Waals surface area (Å²) in [6.45, 7) is 4.62. The highest BCUT2D eigenvalue weighted by atomic mass is 16.5. The number of likely N-dealkylation sites (tertiary alicyclic amines) is 1. The number of aryl methyl sites for hydroxylation is 1. The first kappa shape index (κ1) is 22.4. The van der Waals surface area contributed by atoms with Gasteiger partial charge in [-0.25, -0.2) is 9.97 Å². The van der Waals surface area contributed by atoms with E-state index in [1.165, 1.54) is 0 Å². The molecule has 4 rings (SSSR count). The van der Waals surface area contributed by atoms with Crippen molar-refractivity contribution in [3.05, 3.63) is 59.2 Å². The first-order valence-electron chi connectivity index (χ1n) is 11.6. The summed E-state index contributed by atoms with van der Waals surface area (Å²) in [4.78, 5) is 36.2. The van der Waals surface area contributed by atoms with Crippen molar-refractivity contribution in [2.45, 2.75) is 58.1 Å². The highest BCUT2D eigenvalue weighted by Gasteiger charge is 2.27. The Hall–Kier alpha value is -2.80. The highest BCUT2D eigenvalue weighted by molar-refractivity contribution is 5.94. The molecule has 32 heavy (non-hydrogen) atoms. The van der Waals surface area contributed by atoms with E-state index in [0.717, 1.165) is 63.1 Å². The molecule has 1 N–H and O–H groups in total. The molecule has 0 bridgehead atoms. The molecular formula is C25H32N4O3. The molecule has 170 valence electrons. The number of hydrogen-bond acceptors (Lipinski definition) is 5. The van der Waals surface area contributed by atoms with Crippen LogP contribution in [0.4, 0.5) is 0 Å². The summed E-state index contributed by atoms with van der Waals surface area (Å²) in [5.74, 6) is 1.13. The highest BCUT2D eigenvalue weighted by Crippen LogP contribution is 2.24. The van der Waals surface area contributed by atoms with Crippen molar-refractivity contribution in [2.24, 2.45) is 5.92 Å². The molecule has 1 atom stereocenters. The Kier molecular flexibility index (Phi) is 7.47. The molecule has 2 aromatic rings. The third-order valence-corrected chi connectivity index (χ3v) is 6.40. The predicted molar refractivity (Wildman–Crippen MR) is 121 cm³/mol. The number of amides is 2. The van der Waals surface area contributed by atoms with E-state index >= 15 is 0 Å². The lowest BCUT2D eigenvalue weighted by Crippen LogP contribution is -2.40. The van der Waals surface area contributed by atoms with Gasteiger partial charge < -0.3 is 15.0 Å². The van der Waals surface area contributed by atoms with Gasteiger partial charge in [0.05, 0.1) is 23.8 Å². The van der Waals surface area contributed by atoms with Crippen LogP contribution in [0.3, 0.4) is 0 Å². The number of carbonyl (C=O) groups is 2. The normalized spacial score (nSPS) is 19.2. The maximum absolute atomic E-state index is 12.8. The molecular weight excluding hydrogens is 404 g/mol. The second-order valence-electron chi connectivity index (χ2n) is 8.81. The lowest BCUT2D eigenvalue weighted by Gasteiger charge is -2.32. The lowest BCUT2D eigenvalue weighted by molar-refractivity contribution is -0.134. The van der Waals surface area contributed by atoms with Crippen LogP contribution in [0.15, 0.2) is 36.5 Å². The van der Waals surface area contributed by atoms with Crippen LogP contribution >= 0.6 is 0 Å². The summed E-state index contributed by atoms with van der Waals surface area (Å²) in [5.41, 5.74) is 2.39. The first-order valence-corrected chi connectivity index (χ1v) is 11.6. The molecule has 1 aromatic heterocycles. The fourth-order valence-corrected chi connectivity index (χ4v) is 4.52. The Morgan fingerprint density at radius 3 is 2.66 bits per heavy atom. The zero-order chi connectivity index (χ0) is 22.3. The Balaban J connectivity index is 1.32. The SMILES string of the molecule is Cc1ncc(C(=O)NCc2ccccc2)c(CC2CCN(C(=O)C[C@@H]3CCCO3)CC2)n1. The number of carbonyl (C=O) groups excluding carboxylic acids is 2. The van der Waals surface area contributed by atoms with Gasteiger partial charge in [-0.15, -0.1) is 0 Å². The minimum atomic E-state index is -0.145. The zero-order valence-corrected chi connectivity index (χ0v) is 18.8. The number of hydrogen-bond donors (Lipinski definition) is 1. The Labute approximate surface area is 189 Å². The van der Waals surface area contributed by atoms with E-state index in [2.05, 4.69) is 15.3 Å². The smallest absolute Gasteiger partial charge is 0.254 e. The van der Waals surface area contributed by atoms with Crippen LogP contribution in [0.2, 0.25) is 0 Å². The van der Waals surface area contributed by atoms with Crippen molar-refractivity contribution in [3.63, 3.8) is 0 Å². The lowest BCUT2D eigenvalue weighted by atomic mass is 9.90. The van der Waals surface area contributed by atoms with Gasteiger partial charge in [-0.2, -0.15) is 0 Å². The van der Waals surface area contributed by atoms with Gasteiger partial charge >= 0.3 is 0 Å². The fourth-order valence-electron chi connectivity index (χ4n) is 4.52. The number of rotatable bonds is 7. The molecule has 2 saturated heterocycles. The van der Waals surface area contributed by atoms with E-state index in [9.17, 15) is 9.59 Å². The van der Waals surface area contributed by atoms with E-state index in [1.807, 2.05) is 42.2 Å². The van der Waals surface area contributed by atoms with Crippen LogP contribution in [0.1, 0.15) is 59.5 Å². The zero-order valence-electron chi connectivity index (χ0n) is 18.8. The molecule has 0 radical (unpaired) electrons. The van der Waals surface area contributed by atoms with Gasteiger partial charge in [0.1, 0.15) is 5.82 Å². The van der Waals surface area contributed by atoms with Crippen LogP contribution < -0.4 is 5.32 Å². The van der Waals surface area contributed by atoms with Crippen molar-refractivity contribution in [1.29, 1.82) is 0 Å². The van der Waals surface area contributed by atoms with Crippen molar-refractivity contribution in [3.8, 4) is 0 Å². The van der Waals surface area contributed by atoms with E-state index < -0.39 is 0 Å². The quantitative estimate of drug-likeness (QED) is 0.721. The number of ether oxygens (including phenoxy) is 1. The summed E-state index contributed by atoms with van der Waals surface area (Å²) in [6.07, 6.45) is 6.85. The minimum absolute atomic E-state index is 0.0983. The Bertz CT molecular complexity index is 920. The van der Waals surface area contributed by atoms with Crippen molar-refractivity contribution >= 4 is 11.8 Å². The Morgan fingerprint density at radius 1 is 1.16 bits per heavy atom. The van der Waals surface area contributed by atoms with Crippen molar-refractivity contribution in [1.82, 2.24) is 20.2 Å². The van der Waals surface area contributed by atoms with E-state index in [-0.39, 0.29) is 17.9 Å². The standard InChI is InChI=1S/C25H32N4O3/c1-18-26-17-22(25(31)27-16-20-6-3-2-4-7-20)23(28-18)14-19-9-11-29(12-10-19)24(30)15-21-8-5-13-32-21/h2-4,6-7,17,19,21H,5,8-16H2,1H3,(H,27,31)/t21-/m0/s1. The molecule has 7 nitrogen and oxygen atoms in total. The third kappa shape index (κ3) is 5.91. The fraction of sp³-hybridized carbons (Fsp3) is 0.520. The Morgan fingerprint density at radius 2 is 1.94 bits per heavy atom. The van der Waals surface area contributed by atoms with Gasteiger partial charge in [-0.05, 0) is 50.5 Å². The van der Waals surface area contributed by atoms with E-state index in [0.29, 0.717) is 30.3 Å². The monoisotopic (exact) mass is 436 g/mol. The second kappa shape index (κ2) is 10.7. The maximum Gasteiger partial charge on any atom is 0.254 e. The van der Waals surface area contributed by atoms with Crippen molar-refractivity contribution in [2.75, 3.05) is 19.7 Å². The first-order chi connectivity index (χ1) is 15.6. The number of nitrogens with zero attached hydrogens (tertiary/aromatic N) is 3.